The van der Waals surface area contributed by atoms with Crippen LogP contribution in [0.4, 0.5) is 28.3 Å². The molecule has 91 heavy (non-hydrogen) atoms. The number of fused-ring (bicyclic) bond motifs is 1. The summed E-state index contributed by atoms with van der Waals surface area (Å²) in [7, 11) is -2.75. The van der Waals surface area contributed by atoms with E-state index in [1.165, 1.54) is 60.8 Å². The second-order valence-corrected chi connectivity index (χ2v) is 30.6. The second kappa shape index (κ2) is 24.1. The highest BCUT2D eigenvalue weighted by Crippen LogP contribution is 2.60. The number of anilines is 5. The number of hydrogen-bond donors (Lipinski definition) is 5. The van der Waals surface area contributed by atoms with Crippen molar-refractivity contribution in [2.24, 2.45) is 34.5 Å². The van der Waals surface area contributed by atoms with Crippen LogP contribution in [0.5, 0.6) is 0 Å². The Morgan fingerprint density at radius 3 is 2.21 bits per heavy atom. The lowest BCUT2D eigenvalue weighted by molar-refractivity contribution is -0.144. The van der Waals surface area contributed by atoms with E-state index in [2.05, 4.69) is 45.5 Å². The van der Waals surface area contributed by atoms with Gasteiger partial charge in [-0.3, -0.25) is 23.9 Å². The van der Waals surface area contributed by atoms with Crippen molar-refractivity contribution in [2.45, 2.75) is 130 Å². The monoisotopic (exact) mass is 1280 g/mol. The maximum absolute atomic E-state index is 14.8. The molecule has 5 aromatic heterocycles. The first-order chi connectivity index (χ1) is 43.4. The number of nitrogens with zero attached hydrogens (tertiary/aromatic N) is 10. The standard InChI is InChI=1S/C67H76N14O7S3/c1-37-21-47(79-32-46(33-79)61(83)73-59(66(5,6)7)64(86)80-34-48(82)26-52(80)62(84)68-30-41-13-15-45(16-14-41)58-39(3)69-36-89-58)17-19-54(37)91(87,88)77-63(85)57-49(50-31-70-81(40(50)4)35-67-27-42-23-43(28-67)25-44(24-42)29-67)18-20-55(72-57)78(8)56-22-38(2)60(76-75-56)74-65-71-51-11-9-10-12-53(51)90-65/h9-22,31,36,42-44,46,48,52,59,82H,23-30,32-35H2,1-8H3,(H,68,84)(H,73,83)(H,77,85)(H,71,74,76)/t42?,43?,44?,48-,52+,59-,67?/m1/s1. The summed E-state index contributed by atoms with van der Waals surface area (Å²) in [6.07, 6.45) is 8.48. The zero-order valence-corrected chi connectivity index (χ0v) is 54.8. The molecule has 6 aliphatic rings. The van der Waals surface area contributed by atoms with Gasteiger partial charge in [0.15, 0.2) is 16.8 Å². The molecular weight excluding hydrogens is 1210 g/mol. The van der Waals surface area contributed by atoms with Crippen molar-refractivity contribution in [3.8, 4) is 21.6 Å². The van der Waals surface area contributed by atoms with E-state index < -0.39 is 57.3 Å². The van der Waals surface area contributed by atoms with Crippen LogP contribution in [-0.2, 0) is 37.5 Å². The molecular formula is C67H76N14O7S3. The number of aromatic nitrogens is 7. The van der Waals surface area contributed by atoms with E-state index in [0.29, 0.717) is 45.0 Å². The van der Waals surface area contributed by atoms with Crippen molar-refractivity contribution in [3.63, 3.8) is 0 Å². The van der Waals surface area contributed by atoms with Gasteiger partial charge >= 0.3 is 0 Å². The number of para-hydroxylation sites is 1. The van der Waals surface area contributed by atoms with Crippen LogP contribution in [0.1, 0.15) is 104 Å². The van der Waals surface area contributed by atoms with E-state index in [1.54, 1.807) is 60.7 Å². The molecule has 2 saturated heterocycles. The number of benzene rings is 3. The Morgan fingerprint density at radius 2 is 1.54 bits per heavy atom. The van der Waals surface area contributed by atoms with Crippen LogP contribution >= 0.6 is 22.7 Å². The highest BCUT2D eigenvalue weighted by Gasteiger charge is 2.51. The van der Waals surface area contributed by atoms with E-state index >= 15 is 0 Å². The summed E-state index contributed by atoms with van der Waals surface area (Å²) < 4.78 is 34.5. The molecule has 7 heterocycles. The van der Waals surface area contributed by atoms with E-state index in [4.69, 9.17) is 10.1 Å². The van der Waals surface area contributed by atoms with Gasteiger partial charge in [0.2, 0.25) is 17.7 Å². The molecule has 24 heteroatoms. The third-order valence-electron chi connectivity index (χ3n) is 19.3. The predicted molar refractivity (Wildman–Crippen MR) is 352 cm³/mol. The lowest BCUT2D eigenvalue weighted by Gasteiger charge is -2.56. The number of aryl methyl sites for hydroxylation is 3. The van der Waals surface area contributed by atoms with Crippen molar-refractivity contribution >= 4 is 94.8 Å². The Labute approximate surface area is 537 Å². The molecule has 5 N–H and O–H groups in total. The van der Waals surface area contributed by atoms with Gasteiger partial charge in [-0.25, -0.2) is 28.1 Å². The van der Waals surface area contributed by atoms with Crippen molar-refractivity contribution in [2.75, 3.05) is 41.8 Å². The number of likely N-dealkylation sites (tertiary alicyclic amines) is 1. The number of carbonyl (C=O) groups excluding carboxylic acids is 4. The van der Waals surface area contributed by atoms with Crippen LogP contribution in [0.25, 0.3) is 31.8 Å². The van der Waals surface area contributed by atoms with E-state index in [0.717, 1.165) is 67.5 Å². The van der Waals surface area contributed by atoms with Crippen LogP contribution in [0.3, 0.4) is 0 Å². The maximum atomic E-state index is 14.8. The van der Waals surface area contributed by atoms with Gasteiger partial charge in [0.25, 0.3) is 15.9 Å². The van der Waals surface area contributed by atoms with Crippen LogP contribution in [-0.4, -0.2) is 122 Å². The molecule has 2 aliphatic heterocycles. The minimum Gasteiger partial charge on any atom is -0.391 e. The lowest BCUT2D eigenvalue weighted by atomic mass is 9.49. The molecule has 0 spiro atoms. The van der Waals surface area contributed by atoms with E-state index in [1.807, 2.05) is 107 Å². The number of thiazole rings is 2. The Kier molecular flexibility index (Phi) is 16.3. The number of aliphatic hydroxyl groups is 1. The molecule has 0 radical (unpaired) electrons. The minimum absolute atomic E-state index is 0.0533. The number of sulfonamides is 1. The molecule has 4 aliphatic carbocycles. The summed E-state index contributed by atoms with van der Waals surface area (Å²) in [6.45, 7) is 14.6. The number of nitrogens with one attached hydrogen (secondary N) is 4. The van der Waals surface area contributed by atoms with Gasteiger partial charge in [-0.2, -0.15) is 5.10 Å². The minimum atomic E-state index is -4.51. The molecule has 6 fully saturated rings. The van der Waals surface area contributed by atoms with Gasteiger partial charge in [-0.15, -0.1) is 21.5 Å². The fraction of sp³-hybridized carbons (Fsp3) is 0.433. The van der Waals surface area contributed by atoms with Crippen LogP contribution < -0.4 is 30.5 Å². The first-order valence-corrected chi connectivity index (χ1v) is 34.4. The van der Waals surface area contributed by atoms with Crippen molar-refractivity contribution in [1.29, 1.82) is 0 Å². The lowest BCUT2D eigenvalue weighted by Crippen LogP contribution is -2.61. The fourth-order valence-corrected chi connectivity index (χ4v) is 17.7. The number of β-amino-alcohol motifs (C(OH)–C–C–N with tert-alkyl or cyclic N) is 1. The number of aliphatic hydroxyl groups excluding tert-OH is 1. The first kappa shape index (κ1) is 61.7. The third kappa shape index (κ3) is 12.4. The van der Waals surface area contributed by atoms with Gasteiger partial charge in [0.05, 0.1) is 49.4 Å². The largest absolute Gasteiger partial charge is 0.391 e. The molecule has 3 atom stereocenters. The summed E-state index contributed by atoms with van der Waals surface area (Å²) in [6, 6.07) is 24.0. The smallest absolute Gasteiger partial charge is 0.284 e. The second-order valence-electron chi connectivity index (χ2n) is 27.1. The van der Waals surface area contributed by atoms with Gasteiger partial charge in [0.1, 0.15) is 23.6 Å². The zero-order valence-electron chi connectivity index (χ0n) is 52.4. The SMILES string of the molecule is Cc1cc(N2CC(C(=O)N[C@H](C(=O)N3C[C@H](O)C[C@H]3C(=O)NCc3ccc(-c4scnc4C)cc3)C(C)(C)C)C2)ccc1S(=O)(=O)NC(=O)c1nc(N(C)c2cc(C)c(Nc3nc4ccccc4s3)nn2)ccc1-c1cnn(CC23CC4CC(CC(C4)C2)C3)c1C. The van der Waals surface area contributed by atoms with Crippen molar-refractivity contribution < 1.29 is 32.7 Å². The number of carbonyl (C=O) groups is 4. The molecule has 474 valence electrons. The topological polar surface area (TPSA) is 263 Å². The Balaban J connectivity index is 0.684. The van der Waals surface area contributed by atoms with Crippen LogP contribution in [0, 0.1) is 62.2 Å². The predicted octanol–water partition coefficient (Wildman–Crippen LogP) is 9.79. The highest BCUT2D eigenvalue weighted by atomic mass is 32.2. The van der Waals surface area contributed by atoms with Crippen LogP contribution in [0.2, 0.25) is 0 Å². The number of hydrogen-bond acceptors (Lipinski definition) is 18. The molecule has 4 amide bonds. The zero-order chi connectivity index (χ0) is 63.8. The summed E-state index contributed by atoms with van der Waals surface area (Å²) >= 11 is 3.07. The quantitative estimate of drug-likeness (QED) is 0.0535. The fourth-order valence-electron chi connectivity index (χ4n) is 14.9. The molecule has 0 unspecified atom stereocenters. The summed E-state index contributed by atoms with van der Waals surface area (Å²) in [4.78, 5) is 76.9. The average molecular weight is 1290 g/mol. The summed E-state index contributed by atoms with van der Waals surface area (Å²) in [5.74, 6) is 0.943. The molecule has 4 saturated carbocycles. The highest BCUT2D eigenvalue weighted by molar-refractivity contribution is 7.90. The number of amides is 4. The van der Waals surface area contributed by atoms with Crippen molar-refractivity contribution in [3.05, 3.63) is 130 Å². The molecule has 14 rings (SSSR count). The Bertz CT molecular complexity index is 4200. The first-order valence-electron chi connectivity index (χ1n) is 31.2. The maximum Gasteiger partial charge on any atom is 0.284 e. The average Bonchev–Trinajstić information content (AvgIpc) is 1.35. The van der Waals surface area contributed by atoms with Gasteiger partial charge in [0, 0.05) is 68.7 Å². The number of pyridine rings is 1. The van der Waals surface area contributed by atoms with Crippen molar-refractivity contribution in [1.82, 2.24) is 55.2 Å². The van der Waals surface area contributed by atoms with Crippen LogP contribution in [0.15, 0.2) is 102 Å². The van der Waals surface area contributed by atoms with Gasteiger partial charge < -0.3 is 35.8 Å². The summed E-state index contributed by atoms with van der Waals surface area (Å²) in [5.41, 5.74) is 8.64. The summed E-state index contributed by atoms with van der Waals surface area (Å²) in [5, 5.41) is 34.7. The molecule has 21 nitrogen and oxygen atoms in total. The van der Waals surface area contributed by atoms with E-state index in [9.17, 15) is 32.7 Å². The molecule has 4 bridgehead atoms. The number of rotatable bonds is 18. The molecule has 8 aromatic rings. The third-order valence-corrected chi connectivity index (χ3v) is 22.7. The van der Waals surface area contributed by atoms with Gasteiger partial charge in [-0.1, -0.05) is 68.5 Å². The van der Waals surface area contributed by atoms with Gasteiger partial charge in [-0.05, 0) is 166 Å². The molecule has 3 aromatic carbocycles. The Morgan fingerprint density at radius 1 is 0.813 bits per heavy atom. The normalized spacial score (nSPS) is 21.6. The van der Waals surface area contributed by atoms with E-state index in [-0.39, 0.29) is 54.5 Å². The Hall–Kier alpha value is -8.19.